The van der Waals surface area contributed by atoms with E-state index in [1.807, 2.05) is 36.4 Å². The minimum absolute atomic E-state index is 0.0187. The van der Waals surface area contributed by atoms with Crippen molar-refractivity contribution in [2.45, 2.75) is 25.7 Å². The topological polar surface area (TPSA) is 75.0 Å². The van der Waals surface area contributed by atoms with Crippen LogP contribution >= 0.6 is 0 Å². The fourth-order valence-electron chi connectivity index (χ4n) is 3.49. The molecule has 0 aliphatic rings. The van der Waals surface area contributed by atoms with Gasteiger partial charge in [-0.3, -0.25) is 9.89 Å². The van der Waals surface area contributed by atoms with E-state index in [4.69, 9.17) is 4.42 Å². The number of carbonyl (C=O) groups is 1. The van der Waals surface area contributed by atoms with Crippen LogP contribution in [0.3, 0.4) is 0 Å². The lowest BCUT2D eigenvalue weighted by Crippen LogP contribution is -2.28. The largest absolute Gasteiger partial charge is 0.441 e. The quantitative estimate of drug-likeness (QED) is 0.408. The number of aromatic nitrogens is 3. The number of nitrogens with one attached hydrogen (secondary N) is 1. The Hall–Kier alpha value is -3.74. The van der Waals surface area contributed by atoms with E-state index in [9.17, 15) is 9.18 Å². The maximum Gasteiger partial charge on any atom is 0.222 e. The van der Waals surface area contributed by atoms with Crippen LogP contribution in [0.5, 0.6) is 0 Å². The van der Waals surface area contributed by atoms with Crippen LogP contribution in [0.4, 0.5) is 4.39 Å². The molecule has 0 aliphatic heterocycles. The van der Waals surface area contributed by atoms with Crippen LogP contribution < -0.4 is 0 Å². The maximum atomic E-state index is 13.9. The molecule has 0 bridgehead atoms. The lowest BCUT2D eigenvalue weighted by molar-refractivity contribution is -0.130. The van der Waals surface area contributed by atoms with Gasteiger partial charge in [0.25, 0.3) is 0 Å². The van der Waals surface area contributed by atoms with Crippen molar-refractivity contribution in [3.63, 3.8) is 0 Å². The fourth-order valence-corrected chi connectivity index (χ4v) is 3.49. The SMILES string of the molecule is CN(CCCc1cc(-c2ccccc2)n[nH]1)C(=O)CCc1ncc(-c2ccccc2F)o1. The van der Waals surface area contributed by atoms with Crippen LogP contribution in [-0.2, 0) is 17.6 Å². The Morgan fingerprint density at radius 3 is 2.69 bits per heavy atom. The van der Waals surface area contributed by atoms with E-state index in [0.29, 0.717) is 30.2 Å². The van der Waals surface area contributed by atoms with Gasteiger partial charge in [-0.05, 0) is 31.0 Å². The summed E-state index contributed by atoms with van der Waals surface area (Å²) < 4.78 is 19.5. The lowest BCUT2D eigenvalue weighted by Gasteiger charge is -2.16. The molecular weight excluding hydrogens is 407 g/mol. The molecule has 0 atom stereocenters. The molecular formula is C25H25FN4O2. The molecule has 2 aromatic carbocycles. The number of aromatic amines is 1. The molecule has 0 saturated carbocycles. The summed E-state index contributed by atoms with van der Waals surface area (Å²) in [7, 11) is 1.80. The van der Waals surface area contributed by atoms with Gasteiger partial charge in [-0.2, -0.15) is 5.10 Å². The zero-order valence-electron chi connectivity index (χ0n) is 17.9. The highest BCUT2D eigenvalue weighted by Crippen LogP contribution is 2.23. The van der Waals surface area contributed by atoms with E-state index in [0.717, 1.165) is 29.8 Å². The predicted molar refractivity (Wildman–Crippen MR) is 120 cm³/mol. The predicted octanol–water partition coefficient (Wildman–Crippen LogP) is 4.89. The van der Waals surface area contributed by atoms with Gasteiger partial charge < -0.3 is 9.32 Å². The molecule has 0 spiro atoms. The van der Waals surface area contributed by atoms with Crippen LogP contribution in [0.15, 0.2) is 71.3 Å². The van der Waals surface area contributed by atoms with Crippen molar-refractivity contribution in [3.05, 3.63) is 84.3 Å². The zero-order chi connectivity index (χ0) is 22.3. The molecule has 7 heteroatoms. The molecule has 4 aromatic rings. The molecule has 1 amide bonds. The minimum Gasteiger partial charge on any atom is -0.441 e. The van der Waals surface area contributed by atoms with Crippen molar-refractivity contribution in [2.75, 3.05) is 13.6 Å². The smallest absolute Gasteiger partial charge is 0.222 e. The minimum atomic E-state index is -0.362. The van der Waals surface area contributed by atoms with E-state index in [1.54, 1.807) is 30.1 Å². The molecule has 164 valence electrons. The van der Waals surface area contributed by atoms with Crippen molar-refractivity contribution in [3.8, 4) is 22.6 Å². The first-order valence-corrected chi connectivity index (χ1v) is 10.6. The van der Waals surface area contributed by atoms with Gasteiger partial charge in [0.1, 0.15) is 5.82 Å². The summed E-state index contributed by atoms with van der Waals surface area (Å²) >= 11 is 0. The highest BCUT2D eigenvalue weighted by Gasteiger charge is 2.14. The summed E-state index contributed by atoms with van der Waals surface area (Å²) in [5, 5.41) is 7.44. The number of oxazole rings is 1. The third-order valence-corrected chi connectivity index (χ3v) is 5.31. The number of halogens is 1. The van der Waals surface area contributed by atoms with E-state index in [-0.39, 0.29) is 18.1 Å². The first-order valence-electron chi connectivity index (χ1n) is 10.6. The number of carbonyl (C=O) groups excluding carboxylic acids is 1. The first kappa shape index (κ1) is 21.5. The highest BCUT2D eigenvalue weighted by atomic mass is 19.1. The molecule has 0 aliphatic carbocycles. The Kier molecular flexibility index (Phi) is 6.75. The van der Waals surface area contributed by atoms with Gasteiger partial charge in [0.15, 0.2) is 11.7 Å². The van der Waals surface area contributed by atoms with Crippen LogP contribution in [0.1, 0.15) is 24.4 Å². The number of H-pyrrole nitrogens is 1. The van der Waals surface area contributed by atoms with Crippen LogP contribution in [0.2, 0.25) is 0 Å². The number of amides is 1. The van der Waals surface area contributed by atoms with Crippen LogP contribution in [0.25, 0.3) is 22.6 Å². The lowest BCUT2D eigenvalue weighted by atomic mass is 10.1. The number of nitrogens with zero attached hydrogens (tertiary/aromatic N) is 3. The van der Waals surface area contributed by atoms with E-state index in [1.165, 1.54) is 12.3 Å². The number of rotatable bonds is 9. The zero-order valence-corrected chi connectivity index (χ0v) is 17.9. The maximum absolute atomic E-state index is 13.9. The van der Waals surface area contributed by atoms with Crippen LogP contribution in [0, 0.1) is 5.82 Å². The normalized spacial score (nSPS) is 10.9. The number of hydrogen-bond acceptors (Lipinski definition) is 4. The summed E-state index contributed by atoms with van der Waals surface area (Å²) in [6, 6.07) is 18.4. The van der Waals surface area contributed by atoms with Crippen molar-refractivity contribution < 1.29 is 13.6 Å². The molecule has 2 heterocycles. The molecule has 2 aromatic heterocycles. The van der Waals surface area contributed by atoms with Crippen LogP contribution in [-0.4, -0.2) is 39.6 Å². The summed E-state index contributed by atoms with van der Waals surface area (Å²) in [6.45, 7) is 0.643. The van der Waals surface area contributed by atoms with Gasteiger partial charge in [-0.1, -0.05) is 42.5 Å². The van der Waals surface area contributed by atoms with Crippen molar-refractivity contribution in [2.24, 2.45) is 0 Å². The van der Waals surface area contributed by atoms with E-state index < -0.39 is 0 Å². The Balaban J connectivity index is 1.22. The number of hydrogen-bond donors (Lipinski definition) is 1. The van der Waals surface area contributed by atoms with E-state index >= 15 is 0 Å². The van der Waals surface area contributed by atoms with Crippen molar-refractivity contribution >= 4 is 5.91 Å². The van der Waals surface area contributed by atoms with Gasteiger partial charge in [0.2, 0.25) is 5.91 Å². The van der Waals surface area contributed by atoms with Gasteiger partial charge in [-0.25, -0.2) is 9.37 Å². The van der Waals surface area contributed by atoms with Gasteiger partial charge in [-0.15, -0.1) is 0 Å². The summed E-state index contributed by atoms with van der Waals surface area (Å²) in [4.78, 5) is 18.4. The second kappa shape index (κ2) is 10.0. The Bertz CT molecular complexity index is 1170. The monoisotopic (exact) mass is 432 g/mol. The average molecular weight is 432 g/mol. The Labute approximate surface area is 186 Å². The van der Waals surface area contributed by atoms with Gasteiger partial charge >= 0.3 is 0 Å². The third-order valence-electron chi connectivity index (χ3n) is 5.31. The second-order valence-electron chi connectivity index (χ2n) is 7.66. The third kappa shape index (κ3) is 5.29. The Morgan fingerprint density at radius 1 is 1.09 bits per heavy atom. The summed E-state index contributed by atoms with van der Waals surface area (Å²) in [5.41, 5.74) is 3.41. The van der Waals surface area contributed by atoms with Gasteiger partial charge in [0, 0.05) is 37.7 Å². The van der Waals surface area contributed by atoms with E-state index in [2.05, 4.69) is 15.2 Å². The number of aryl methyl sites for hydroxylation is 2. The molecule has 0 radical (unpaired) electrons. The molecule has 0 fully saturated rings. The molecule has 4 rings (SSSR count). The van der Waals surface area contributed by atoms with Crippen molar-refractivity contribution in [1.29, 1.82) is 0 Å². The number of benzene rings is 2. The highest BCUT2D eigenvalue weighted by molar-refractivity contribution is 5.76. The van der Waals surface area contributed by atoms with Crippen molar-refractivity contribution in [1.82, 2.24) is 20.1 Å². The summed E-state index contributed by atoms with van der Waals surface area (Å²) in [5.74, 6) is 0.452. The molecule has 32 heavy (non-hydrogen) atoms. The molecule has 1 N–H and O–H groups in total. The summed E-state index contributed by atoms with van der Waals surface area (Å²) in [6.07, 6.45) is 3.79. The Morgan fingerprint density at radius 2 is 1.88 bits per heavy atom. The first-order chi connectivity index (χ1) is 15.6. The van der Waals surface area contributed by atoms with Gasteiger partial charge in [0.05, 0.1) is 17.5 Å². The standard InChI is InChI=1S/C25H25FN4O2/c1-30(15-7-10-19-16-22(29-28-19)18-8-3-2-4-9-18)25(31)14-13-24-27-17-23(32-24)20-11-5-6-12-21(20)26/h2-6,8-9,11-12,16-17H,7,10,13-15H2,1H3,(H,28,29). The second-order valence-corrected chi connectivity index (χ2v) is 7.66. The average Bonchev–Trinajstić information content (AvgIpc) is 3.48. The molecule has 6 nitrogen and oxygen atoms in total. The molecule has 0 unspecified atom stereocenters. The fraction of sp³-hybridized carbons (Fsp3) is 0.240. The molecule has 0 saturated heterocycles.